The van der Waals surface area contributed by atoms with E-state index in [1.54, 1.807) is 0 Å². The normalized spacial score (nSPS) is 14.7. The van der Waals surface area contributed by atoms with E-state index in [4.69, 9.17) is 35.0 Å². The Balaban J connectivity index is 6.34. The van der Waals surface area contributed by atoms with E-state index in [1.165, 1.54) is 0 Å². The second kappa shape index (κ2) is 17.5. The minimum absolute atomic E-state index is 0.0191. The van der Waals surface area contributed by atoms with E-state index in [0.717, 1.165) is 6.42 Å². The van der Waals surface area contributed by atoms with Crippen molar-refractivity contribution in [1.29, 1.82) is 0 Å². The van der Waals surface area contributed by atoms with Gasteiger partial charge in [-0.15, -0.1) is 0 Å². The maximum atomic E-state index is 6.64. The molecule has 0 radical (unpaired) electrons. The fourth-order valence-corrected chi connectivity index (χ4v) is 17.2. The van der Waals surface area contributed by atoms with E-state index in [2.05, 4.69) is 39.3 Å². The summed E-state index contributed by atoms with van der Waals surface area (Å²) in [5.41, 5.74) is -0.0191. The van der Waals surface area contributed by atoms with Crippen LogP contribution in [0, 0.1) is 0 Å². The van der Waals surface area contributed by atoms with Gasteiger partial charge in [-0.2, -0.15) is 0 Å². The summed E-state index contributed by atoms with van der Waals surface area (Å²) in [4.78, 5) is 0. The third-order valence-corrected chi connectivity index (χ3v) is 18.3. The average molecular weight is 591 g/mol. The molecule has 0 aromatic rings. The summed E-state index contributed by atoms with van der Waals surface area (Å²) in [6, 6.07) is 0.665. The van der Waals surface area contributed by atoms with Crippen LogP contribution in [-0.2, 0) is 35.0 Å². The Kier molecular flexibility index (Phi) is 18.0. The predicted octanol–water partition coefficient (Wildman–Crippen LogP) is 6.86. The number of rotatable bonds is 22. The molecule has 212 valence electrons. The Bertz CT molecular complexity index is 498. The molecule has 0 saturated heterocycles. The summed E-state index contributed by atoms with van der Waals surface area (Å²) in [6.07, 6.45) is 1.44. The smallest absolute Gasteiger partial charge is 0.376 e. The van der Waals surface area contributed by atoms with Gasteiger partial charge in [-0.25, -0.2) is 0 Å². The lowest BCUT2D eigenvalue weighted by atomic mass is 10.4. The summed E-state index contributed by atoms with van der Waals surface area (Å²) < 4.78 is 50.9. The molecule has 0 fully saturated rings. The molecule has 35 heavy (non-hydrogen) atoms. The molecule has 0 rings (SSSR count). The molecule has 1 unspecified atom stereocenters. The summed E-state index contributed by atoms with van der Waals surface area (Å²) in [5.74, 6) is 0. The first-order chi connectivity index (χ1) is 16.3. The highest BCUT2D eigenvalue weighted by Crippen LogP contribution is 2.51. The first-order valence-electron chi connectivity index (χ1n) is 13.2. The van der Waals surface area contributed by atoms with Crippen LogP contribution in [0.4, 0.5) is 0 Å². The molecule has 8 nitrogen and oxygen atoms in total. The molecule has 13 heteroatoms. The molecular weight excluding hydrogens is 536 g/mol. The van der Waals surface area contributed by atoms with Gasteiger partial charge in [0.05, 0.1) is 0 Å². The summed E-state index contributed by atoms with van der Waals surface area (Å²) in [7, 11) is -10.7. The molecule has 0 heterocycles. The van der Waals surface area contributed by atoms with Crippen LogP contribution in [0.25, 0.3) is 0 Å². The molecule has 0 bridgehead atoms. The lowest BCUT2D eigenvalue weighted by Crippen LogP contribution is -2.53. The first-order valence-corrected chi connectivity index (χ1v) is 25.2. The van der Waals surface area contributed by atoms with E-state index < -0.39 is 42.6 Å². The van der Waals surface area contributed by atoms with Gasteiger partial charge in [0.2, 0.25) is 0 Å². The zero-order valence-corrected chi connectivity index (χ0v) is 29.5. The molecule has 0 saturated carbocycles. The first kappa shape index (κ1) is 36.0. The minimum Gasteiger partial charge on any atom is -0.376 e. The van der Waals surface area contributed by atoms with E-state index in [9.17, 15) is 0 Å². The van der Waals surface area contributed by atoms with Gasteiger partial charge in [-0.1, -0.05) is 0 Å². The van der Waals surface area contributed by atoms with Gasteiger partial charge in [-0.05, 0) is 87.2 Å². The highest BCUT2D eigenvalue weighted by molar-refractivity contribution is 7.51. The van der Waals surface area contributed by atoms with Crippen molar-refractivity contribution < 1.29 is 35.0 Å². The second-order valence-corrected chi connectivity index (χ2v) is 26.6. The second-order valence-electron chi connectivity index (χ2n) is 10.0. The topological polar surface area (TPSA) is 73.8 Å². The molecule has 0 aliphatic carbocycles. The van der Waals surface area contributed by atoms with Crippen molar-refractivity contribution in [2.75, 3.05) is 45.8 Å². The SMILES string of the molecule is CCO[Si](CCC(CP(O[Si](C)(C)C)O[Si](C)(C)C)[Si](OCC)(OCC)OCC)(OCC)OCC. The fraction of sp³-hybridized carbons (Fsp3) is 1.00. The Morgan fingerprint density at radius 3 is 1.17 bits per heavy atom. The Morgan fingerprint density at radius 2 is 0.886 bits per heavy atom. The Hall–Kier alpha value is 0.978. The molecule has 0 N–H and O–H groups in total. The van der Waals surface area contributed by atoms with Gasteiger partial charge in [0, 0.05) is 57.4 Å². The summed E-state index contributed by atoms with van der Waals surface area (Å²) in [5, 5.41) is 0. The van der Waals surface area contributed by atoms with Crippen molar-refractivity contribution in [3.63, 3.8) is 0 Å². The largest absolute Gasteiger partial charge is 0.504 e. The number of hydrogen-bond acceptors (Lipinski definition) is 8. The van der Waals surface area contributed by atoms with Gasteiger partial charge in [0.1, 0.15) is 8.38 Å². The lowest BCUT2D eigenvalue weighted by Gasteiger charge is -2.39. The quantitative estimate of drug-likeness (QED) is 0.100. The van der Waals surface area contributed by atoms with Crippen LogP contribution < -0.4 is 0 Å². The maximum absolute atomic E-state index is 6.64. The third-order valence-electron chi connectivity index (χ3n) is 4.55. The van der Waals surface area contributed by atoms with Crippen LogP contribution >= 0.6 is 8.38 Å². The molecule has 0 aromatic heterocycles. The van der Waals surface area contributed by atoms with E-state index in [-0.39, 0.29) is 5.54 Å². The van der Waals surface area contributed by atoms with Crippen LogP contribution in [0.3, 0.4) is 0 Å². The van der Waals surface area contributed by atoms with Crippen LogP contribution in [0.2, 0.25) is 50.9 Å². The van der Waals surface area contributed by atoms with E-state index in [1.807, 2.05) is 41.5 Å². The van der Waals surface area contributed by atoms with E-state index in [0.29, 0.717) is 51.8 Å². The molecule has 0 amide bonds. The van der Waals surface area contributed by atoms with Crippen molar-refractivity contribution >= 4 is 42.6 Å². The van der Waals surface area contributed by atoms with Crippen molar-refractivity contribution in [3.8, 4) is 0 Å². The fourth-order valence-electron chi connectivity index (χ4n) is 3.70. The molecule has 0 aromatic carbocycles. The van der Waals surface area contributed by atoms with Crippen molar-refractivity contribution in [1.82, 2.24) is 0 Å². The van der Waals surface area contributed by atoms with Crippen LogP contribution in [0.1, 0.15) is 48.0 Å². The average Bonchev–Trinajstić information content (AvgIpc) is 2.69. The van der Waals surface area contributed by atoms with E-state index >= 15 is 0 Å². The maximum Gasteiger partial charge on any atom is 0.504 e. The van der Waals surface area contributed by atoms with Gasteiger partial charge in [0.15, 0.2) is 16.6 Å². The van der Waals surface area contributed by atoms with Gasteiger partial charge >= 0.3 is 17.6 Å². The third kappa shape index (κ3) is 14.6. The molecule has 0 spiro atoms. The Labute approximate surface area is 221 Å². The van der Waals surface area contributed by atoms with Crippen molar-refractivity contribution in [2.45, 2.75) is 98.8 Å². The predicted molar refractivity (Wildman–Crippen MR) is 155 cm³/mol. The van der Waals surface area contributed by atoms with Crippen LogP contribution in [0.15, 0.2) is 0 Å². The Morgan fingerprint density at radius 1 is 0.543 bits per heavy atom. The van der Waals surface area contributed by atoms with Crippen LogP contribution in [0.5, 0.6) is 0 Å². The minimum atomic E-state index is -3.06. The van der Waals surface area contributed by atoms with Crippen molar-refractivity contribution in [2.24, 2.45) is 0 Å². The molecule has 0 aliphatic heterocycles. The highest BCUT2D eigenvalue weighted by atomic mass is 31.2. The van der Waals surface area contributed by atoms with Crippen LogP contribution in [-0.4, -0.2) is 80.0 Å². The molecule has 1 atom stereocenters. The zero-order chi connectivity index (χ0) is 27.2. The lowest BCUT2D eigenvalue weighted by molar-refractivity contribution is 0.0575. The summed E-state index contributed by atoms with van der Waals surface area (Å²) >= 11 is 0. The van der Waals surface area contributed by atoms with Crippen molar-refractivity contribution in [3.05, 3.63) is 0 Å². The summed E-state index contributed by atoms with van der Waals surface area (Å²) in [6.45, 7) is 28.4. The highest BCUT2D eigenvalue weighted by Gasteiger charge is 2.53. The zero-order valence-electron chi connectivity index (χ0n) is 24.7. The monoisotopic (exact) mass is 590 g/mol. The van der Waals surface area contributed by atoms with Gasteiger partial charge in [-0.3, -0.25) is 0 Å². The number of hydrogen-bond donors (Lipinski definition) is 0. The van der Waals surface area contributed by atoms with Gasteiger partial charge < -0.3 is 35.0 Å². The standard InChI is InChI=1S/C22H55O8PSi4/c1-13-23-34(24-14-2,25-15-3)20-19-22(35(26-16-4,27-17-5)28-18-6)21-31(29-32(7,8)9)30-33(10,11)12/h22H,13-21H2,1-12H3. The van der Waals surface area contributed by atoms with Gasteiger partial charge in [0.25, 0.3) is 0 Å². The molecule has 0 aliphatic rings. The molecular formula is C22H55O8PSi4.